The third-order valence-corrected chi connectivity index (χ3v) is 8.22. The van der Waals surface area contributed by atoms with Crippen molar-refractivity contribution in [1.82, 2.24) is 9.21 Å². The minimum absolute atomic E-state index is 0.0447. The molecule has 1 N–H and O–H groups in total. The Balaban J connectivity index is 1.89. The molecule has 1 aliphatic heterocycles. The van der Waals surface area contributed by atoms with Gasteiger partial charge in [0.15, 0.2) is 0 Å². The first-order valence-corrected chi connectivity index (χ1v) is 12.7. The smallest absolute Gasteiger partial charge is 0.247 e. The second-order valence-corrected chi connectivity index (χ2v) is 11.0. The van der Waals surface area contributed by atoms with Crippen LogP contribution >= 0.6 is 15.9 Å². The molecule has 0 aliphatic carbocycles. The number of hydrogen-bond donors (Lipinski definition) is 1. The summed E-state index contributed by atoms with van der Waals surface area (Å²) in [5.41, 5.74) is 0.930. The highest BCUT2D eigenvalue weighted by atomic mass is 79.9. The molecule has 2 aromatic rings. The first kappa shape index (κ1) is 24.7. The molecule has 0 bridgehead atoms. The number of aliphatic hydroxyl groups is 1. The van der Waals surface area contributed by atoms with Crippen LogP contribution in [-0.4, -0.2) is 67.5 Å². The van der Waals surface area contributed by atoms with Crippen molar-refractivity contribution in [1.29, 1.82) is 0 Å². The van der Waals surface area contributed by atoms with E-state index in [1.54, 1.807) is 31.0 Å². The molecule has 0 saturated carbocycles. The molecule has 7 nitrogen and oxygen atoms in total. The lowest BCUT2D eigenvalue weighted by atomic mass is 10.0. The molecule has 0 aromatic heterocycles. The van der Waals surface area contributed by atoms with Gasteiger partial charge in [0.1, 0.15) is 16.7 Å². The van der Waals surface area contributed by atoms with E-state index in [1.807, 2.05) is 37.3 Å². The van der Waals surface area contributed by atoms with E-state index in [4.69, 9.17) is 4.74 Å². The van der Waals surface area contributed by atoms with E-state index in [0.717, 1.165) is 5.56 Å². The number of benzene rings is 2. The van der Waals surface area contributed by atoms with Crippen molar-refractivity contribution in [3.8, 4) is 5.75 Å². The van der Waals surface area contributed by atoms with Crippen LogP contribution in [0.1, 0.15) is 19.4 Å². The van der Waals surface area contributed by atoms with Crippen molar-refractivity contribution in [2.24, 2.45) is 5.92 Å². The standard InChI is InChI=1S/C23H29BrN2O5S/c1-16-13-26(17(2)15-27)32(29,30)22-10-9-19(24)12-20(22)31-21(16)14-25(3)23(28)11-18-7-5-4-6-8-18/h4-10,12,16-17,21,27H,11,13-15H2,1-3H3/t16-,17-,21+/m0/s1. The van der Waals surface area contributed by atoms with Crippen molar-refractivity contribution in [2.75, 3.05) is 26.7 Å². The predicted molar refractivity (Wildman–Crippen MR) is 126 cm³/mol. The van der Waals surface area contributed by atoms with Crippen LogP contribution in [0.5, 0.6) is 5.75 Å². The molecule has 0 spiro atoms. The summed E-state index contributed by atoms with van der Waals surface area (Å²) in [4.78, 5) is 14.5. The van der Waals surface area contributed by atoms with Crippen molar-refractivity contribution in [3.63, 3.8) is 0 Å². The molecular weight excluding hydrogens is 496 g/mol. The molecule has 32 heavy (non-hydrogen) atoms. The fourth-order valence-corrected chi connectivity index (χ4v) is 5.86. The van der Waals surface area contributed by atoms with Gasteiger partial charge in [0.05, 0.1) is 19.6 Å². The maximum Gasteiger partial charge on any atom is 0.247 e. The molecule has 174 valence electrons. The summed E-state index contributed by atoms with van der Waals surface area (Å²) in [7, 11) is -2.14. The lowest BCUT2D eigenvalue weighted by molar-refractivity contribution is -0.130. The van der Waals surface area contributed by atoms with Crippen LogP contribution in [0.25, 0.3) is 0 Å². The Hall–Kier alpha value is -1.94. The summed E-state index contributed by atoms with van der Waals surface area (Å²) in [5, 5.41) is 9.69. The summed E-state index contributed by atoms with van der Waals surface area (Å²) in [6.07, 6.45) is -0.153. The van der Waals surface area contributed by atoms with E-state index in [-0.39, 0.29) is 42.0 Å². The van der Waals surface area contributed by atoms with Gasteiger partial charge in [0.25, 0.3) is 0 Å². The quantitative estimate of drug-likeness (QED) is 0.627. The van der Waals surface area contributed by atoms with Gasteiger partial charge in [-0.2, -0.15) is 4.31 Å². The molecule has 2 aromatic carbocycles. The third-order valence-electron chi connectivity index (χ3n) is 5.71. The average Bonchev–Trinajstić information content (AvgIpc) is 2.76. The molecule has 9 heteroatoms. The molecule has 1 aliphatic rings. The number of halogens is 1. The van der Waals surface area contributed by atoms with Crippen molar-refractivity contribution in [2.45, 2.75) is 37.3 Å². The maximum atomic E-state index is 13.3. The van der Waals surface area contributed by atoms with Gasteiger partial charge in [-0.3, -0.25) is 4.79 Å². The number of amides is 1. The highest BCUT2D eigenvalue weighted by Gasteiger charge is 2.38. The normalized spacial score (nSPS) is 21.5. The van der Waals surface area contributed by atoms with Gasteiger partial charge in [-0.15, -0.1) is 0 Å². The topological polar surface area (TPSA) is 87.2 Å². The Kier molecular flexibility index (Phi) is 7.97. The zero-order valence-electron chi connectivity index (χ0n) is 18.4. The van der Waals surface area contributed by atoms with Crippen molar-refractivity contribution in [3.05, 3.63) is 58.6 Å². The fourth-order valence-electron chi connectivity index (χ4n) is 3.69. The maximum absolute atomic E-state index is 13.3. The van der Waals surface area contributed by atoms with Gasteiger partial charge < -0.3 is 14.7 Å². The Bertz CT molecular complexity index is 1050. The van der Waals surface area contributed by atoms with Crippen LogP contribution < -0.4 is 4.74 Å². The monoisotopic (exact) mass is 524 g/mol. The van der Waals surface area contributed by atoms with E-state index in [9.17, 15) is 18.3 Å². The van der Waals surface area contributed by atoms with Gasteiger partial charge in [0.2, 0.25) is 15.9 Å². The van der Waals surface area contributed by atoms with Gasteiger partial charge in [-0.25, -0.2) is 8.42 Å². The molecule has 3 rings (SSSR count). The van der Waals surface area contributed by atoms with Crippen LogP contribution in [0.3, 0.4) is 0 Å². The number of aliphatic hydroxyl groups excluding tert-OH is 1. The molecule has 0 fully saturated rings. The summed E-state index contributed by atoms with van der Waals surface area (Å²) >= 11 is 3.38. The minimum Gasteiger partial charge on any atom is -0.487 e. The summed E-state index contributed by atoms with van der Waals surface area (Å²) in [6.45, 7) is 3.76. The van der Waals surface area contributed by atoms with Crippen LogP contribution in [0, 0.1) is 5.92 Å². The Labute approximate surface area is 198 Å². The highest BCUT2D eigenvalue weighted by molar-refractivity contribution is 9.10. The third kappa shape index (κ3) is 5.51. The van der Waals surface area contributed by atoms with E-state index < -0.39 is 22.2 Å². The van der Waals surface area contributed by atoms with Crippen LogP contribution in [-0.2, 0) is 21.2 Å². The number of fused-ring (bicyclic) bond motifs is 1. The number of carbonyl (C=O) groups excluding carboxylic acids is 1. The zero-order valence-corrected chi connectivity index (χ0v) is 20.8. The number of rotatable bonds is 6. The van der Waals surface area contributed by atoms with Gasteiger partial charge in [-0.05, 0) is 30.7 Å². The highest BCUT2D eigenvalue weighted by Crippen LogP contribution is 2.35. The molecule has 0 unspecified atom stereocenters. The van der Waals surface area contributed by atoms with Crippen LogP contribution in [0.2, 0.25) is 0 Å². The van der Waals surface area contributed by atoms with E-state index >= 15 is 0 Å². The number of nitrogens with zero attached hydrogens (tertiary/aromatic N) is 2. The summed E-state index contributed by atoms with van der Waals surface area (Å²) in [5.74, 6) is -0.0374. The molecule has 0 radical (unpaired) electrons. The SMILES string of the molecule is C[C@H]1CN([C@@H](C)CO)S(=O)(=O)c2ccc(Br)cc2O[C@@H]1CN(C)C(=O)Cc1ccccc1. The van der Waals surface area contributed by atoms with E-state index in [2.05, 4.69) is 15.9 Å². The van der Waals surface area contributed by atoms with Gasteiger partial charge in [0, 0.05) is 30.0 Å². The number of sulfonamides is 1. The molecule has 3 atom stereocenters. The largest absolute Gasteiger partial charge is 0.487 e. The Morgan fingerprint density at radius 3 is 2.62 bits per heavy atom. The minimum atomic E-state index is -3.87. The lowest BCUT2D eigenvalue weighted by Crippen LogP contribution is -2.50. The second-order valence-electron chi connectivity index (χ2n) is 8.27. The summed E-state index contributed by atoms with van der Waals surface area (Å²) < 4.78 is 34.9. The van der Waals surface area contributed by atoms with Crippen LogP contribution in [0.4, 0.5) is 0 Å². The van der Waals surface area contributed by atoms with Crippen molar-refractivity contribution >= 4 is 31.9 Å². The molecule has 0 saturated heterocycles. The number of hydrogen-bond acceptors (Lipinski definition) is 5. The fraction of sp³-hybridized carbons (Fsp3) is 0.435. The average molecular weight is 525 g/mol. The zero-order chi connectivity index (χ0) is 23.5. The van der Waals surface area contributed by atoms with Gasteiger partial charge in [-0.1, -0.05) is 53.2 Å². The number of ether oxygens (including phenoxy) is 1. The van der Waals surface area contributed by atoms with Crippen molar-refractivity contribution < 1.29 is 23.1 Å². The van der Waals surface area contributed by atoms with Gasteiger partial charge >= 0.3 is 0 Å². The molecule has 1 heterocycles. The van der Waals surface area contributed by atoms with E-state index in [1.165, 1.54) is 10.4 Å². The first-order valence-electron chi connectivity index (χ1n) is 10.5. The second kappa shape index (κ2) is 10.3. The Morgan fingerprint density at radius 1 is 1.28 bits per heavy atom. The summed E-state index contributed by atoms with van der Waals surface area (Å²) in [6, 6.07) is 13.7. The lowest BCUT2D eigenvalue weighted by Gasteiger charge is -2.37. The first-order chi connectivity index (χ1) is 15.1. The number of carbonyl (C=O) groups is 1. The number of likely N-dealkylation sites (N-methyl/N-ethyl adjacent to an activating group) is 1. The van der Waals surface area contributed by atoms with E-state index in [0.29, 0.717) is 11.0 Å². The Morgan fingerprint density at radius 2 is 1.97 bits per heavy atom. The molecular formula is C23H29BrN2O5S. The van der Waals surface area contributed by atoms with Crippen LogP contribution in [0.15, 0.2) is 57.9 Å². The molecule has 1 amide bonds. The predicted octanol–water partition coefficient (Wildman–Crippen LogP) is 2.92.